The highest BCUT2D eigenvalue weighted by Gasteiger charge is 2.24. The van der Waals surface area contributed by atoms with Crippen molar-refractivity contribution in [3.63, 3.8) is 0 Å². The Bertz CT molecular complexity index is 230. The van der Waals surface area contributed by atoms with Gasteiger partial charge >= 0.3 is 11.9 Å². The van der Waals surface area contributed by atoms with Gasteiger partial charge in [0.1, 0.15) is 0 Å². The SMILES string of the molecule is C=C1CC(=O)OC1=O.CCC(C)(O)O. The second-order valence-electron chi connectivity index (χ2n) is 3.11. The van der Waals surface area contributed by atoms with Gasteiger partial charge in [0.05, 0.1) is 6.42 Å². The zero-order valence-corrected chi connectivity index (χ0v) is 8.24. The van der Waals surface area contributed by atoms with Gasteiger partial charge in [-0.2, -0.15) is 0 Å². The fourth-order valence-corrected chi connectivity index (χ4v) is 0.458. The van der Waals surface area contributed by atoms with Crippen LogP contribution in [0, 0.1) is 0 Å². The molecule has 0 saturated carbocycles. The van der Waals surface area contributed by atoms with Crippen LogP contribution in [0.15, 0.2) is 12.2 Å². The molecule has 5 nitrogen and oxygen atoms in total. The van der Waals surface area contributed by atoms with Crippen LogP contribution in [0.4, 0.5) is 0 Å². The summed E-state index contributed by atoms with van der Waals surface area (Å²) in [5.41, 5.74) is 0.245. The lowest BCUT2D eigenvalue weighted by atomic mass is 10.3. The molecule has 0 aromatic carbocycles. The molecule has 0 aromatic rings. The van der Waals surface area contributed by atoms with Crippen molar-refractivity contribution >= 4 is 11.9 Å². The van der Waals surface area contributed by atoms with Gasteiger partial charge in [0.2, 0.25) is 0 Å². The lowest BCUT2D eigenvalue weighted by Crippen LogP contribution is -2.20. The van der Waals surface area contributed by atoms with E-state index in [4.69, 9.17) is 10.2 Å². The van der Waals surface area contributed by atoms with E-state index in [2.05, 4.69) is 11.3 Å². The number of ether oxygens (including phenoxy) is 1. The Labute approximate surface area is 82.0 Å². The molecule has 1 saturated heterocycles. The first-order valence-corrected chi connectivity index (χ1v) is 4.14. The second kappa shape index (κ2) is 4.88. The minimum Gasteiger partial charge on any atom is -0.389 e. The van der Waals surface area contributed by atoms with Crippen LogP contribution in [-0.2, 0) is 14.3 Å². The molecule has 1 fully saturated rings. The van der Waals surface area contributed by atoms with E-state index in [1.807, 2.05) is 0 Å². The monoisotopic (exact) mass is 202 g/mol. The molecule has 0 atom stereocenters. The van der Waals surface area contributed by atoms with Gasteiger partial charge in [0.25, 0.3) is 0 Å². The van der Waals surface area contributed by atoms with Gasteiger partial charge < -0.3 is 14.9 Å². The first-order valence-electron chi connectivity index (χ1n) is 4.14. The number of hydrogen-bond donors (Lipinski definition) is 2. The Balaban J connectivity index is 0.000000255. The average Bonchev–Trinajstić information content (AvgIpc) is 2.29. The molecule has 5 heteroatoms. The van der Waals surface area contributed by atoms with Gasteiger partial charge in [0, 0.05) is 5.57 Å². The van der Waals surface area contributed by atoms with Crippen LogP contribution < -0.4 is 0 Å². The molecule has 0 aliphatic carbocycles. The fourth-order valence-electron chi connectivity index (χ4n) is 0.458. The maximum absolute atomic E-state index is 10.2. The van der Waals surface area contributed by atoms with Crippen LogP contribution in [0.2, 0.25) is 0 Å². The van der Waals surface area contributed by atoms with Crippen LogP contribution in [0.25, 0.3) is 0 Å². The number of aliphatic hydroxyl groups is 2. The molecule has 0 aromatic heterocycles. The van der Waals surface area contributed by atoms with Crippen molar-refractivity contribution in [3.8, 4) is 0 Å². The maximum Gasteiger partial charge on any atom is 0.341 e. The summed E-state index contributed by atoms with van der Waals surface area (Å²) in [4.78, 5) is 20.4. The Morgan fingerprint density at radius 2 is 1.93 bits per heavy atom. The highest BCUT2D eigenvalue weighted by molar-refractivity contribution is 6.05. The molecule has 0 amide bonds. The molecule has 1 heterocycles. The predicted molar refractivity (Wildman–Crippen MR) is 48.0 cm³/mol. The van der Waals surface area contributed by atoms with E-state index in [-0.39, 0.29) is 12.0 Å². The normalized spacial score (nSPS) is 16.1. The zero-order valence-electron chi connectivity index (χ0n) is 8.24. The van der Waals surface area contributed by atoms with Crippen molar-refractivity contribution in [2.75, 3.05) is 0 Å². The van der Waals surface area contributed by atoms with Crippen LogP contribution in [0.5, 0.6) is 0 Å². The summed E-state index contributed by atoms with van der Waals surface area (Å²) in [6, 6.07) is 0. The molecule has 1 aliphatic rings. The minimum atomic E-state index is -1.46. The van der Waals surface area contributed by atoms with E-state index in [1.54, 1.807) is 6.92 Å². The van der Waals surface area contributed by atoms with Crippen molar-refractivity contribution in [1.29, 1.82) is 0 Å². The molecular formula is C9H14O5. The van der Waals surface area contributed by atoms with E-state index in [9.17, 15) is 9.59 Å². The number of carbonyl (C=O) groups excluding carboxylic acids is 2. The van der Waals surface area contributed by atoms with Crippen LogP contribution in [-0.4, -0.2) is 27.9 Å². The lowest BCUT2D eigenvalue weighted by molar-refractivity contribution is -0.151. The van der Waals surface area contributed by atoms with Crippen molar-refractivity contribution in [2.24, 2.45) is 0 Å². The Morgan fingerprint density at radius 3 is 2.00 bits per heavy atom. The fraction of sp³-hybridized carbons (Fsp3) is 0.556. The third kappa shape index (κ3) is 5.45. The van der Waals surface area contributed by atoms with Gasteiger partial charge in [-0.25, -0.2) is 4.79 Å². The van der Waals surface area contributed by atoms with Crippen LogP contribution in [0.3, 0.4) is 0 Å². The van der Waals surface area contributed by atoms with E-state index >= 15 is 0 Å². The van der Waals surface area contributed by atoms with Gasteiger partial charge in [0.15, 0.2) is 5.79 Å². The number of hydrogen-bond acceptors (Lipinski definition) is 5. The van der Waals surface area contributed by atoms with Gasteiger partial charge in [-0.05, 0) is 13.3 Å². The number of cyclic esters (lactones) is 2. The van der Waals surface area contributed by atoms with Crippen molar-refractivity contribution in [1.82, 2.24) is 0 Å². The molecule has 0 spiro atoms. The molecule has 1 rings (SSSR count). The van der Waals surface area contributed by atoms with Gasteiger partial charge in [-0.1, -0.05) is 13.5 Å². The lowest BCUT2D eigenvalue weighted by Gasteiger charge is -2.10. The number of carbonyl (C=O) groups is 2. The molecule has 0 unspecified atom stereocenters. The number of esters is 2. The van der Waals surface area contributed by atoms with Gasteiger partial charge in [-0.3, -0.25) is 4.79 Å². The first-order chi connectivity index (χ1) is 6.26. The number of rotatable bonds is 1. The highest BCUT2D eigenvalue weighted by atomic mass is 16.6. The molecule has 2 N–H and O–H groups in total. The third-order valence-electron chi connectivity index (χ3n) is 1.52. The molecule has 0 bridgehead atoms. The largest absolute Gasteiger partial charge is 0.389 e. The smallest absolute Gasteiger partial charge is 0.341 e. The Morgan fingerprint density at radius 1 is 1.50 bits per heavy atom. The first kappa shape index (κ1) is 12.8. The van der Waals surface area contributed by atoms with Crippen molar-refractivity contribution in [3.05, 3.63) is 12.2 Å². The van der Waals surface area contributed by atoms with Crippen molar-refractivity contribution < 1.29 is 24.5 Å². The minimum absolute atomic E-state index is 0.0544. The summed E-state index contributed by atoms with van der Waals surface area (Å²) < 4.78 is 4.10. The summed E-state index contributed by atoms with van der Waals surface area (Å²) in [6.45, 7) is 6.35. The highest BCUT2D eigenvalue weighted by Crippen LogP contribution is 2.10. The molecule has 0 radical (unpaired) electrons. The van der Waals surface area contributed by atoms with Crippen LogP contribution >= 0.6 is 0 Å². The topological polar surface area (TPSA) is 83.8 Å². The summed E-state index contributed by atoms with van der Waals surface area (Å²) >= 11 is 0. The summed E-state index contributed by atoms with van der Waals surface area (Å²) in [5, 5.41) is 16.8. The standard InChI is InChI=1S/C5H4O3.C4H10O2/c1-3-2-4(6)8-5(3)7;1-3-4(2,5)6/h1-2H2;5-6H,3H2,1-2H3. The molecule has 14 heavy (non-hydrogen) atoms. The maximum atomic E-state index is 10.2. The van der Waals surface area contributed by atoms with E-state index in [1.165, 1.54) is 6.92 Å². The van der Waals surface area contributed by atoms with Crippen molar-refractivity contribution in [2.45, 2.75) is 32.5 Å². The Kier molecular flexibility index (Phi) is 4.46. The Hall–Kier alpha value is -1.20. The zero-order chi connectivity index (χ0) is 11.4. The summed E-state index contributed by atoms with van der Waals surface area (Å²) in [5.74, 6) is -2.55. The third-order valence-corrected chi connectivity index (χ3v) is 1.52. The molecule has 80 valence electrons. The van der Waals surface area contributed by atoms with Gasteiger partial charge in [-0.15, -0.1) is 0 Å². The van der Waals surface area contributed by atoms with E-state index in [0.29, 0.717) is 6.42 Å². The summed E-state index contributed by atoms with van der Waals surface area (Å²) in [6.07, 6.45) is 0.436. The molecule has 1 aliphatic heterocycles. The second-order valence-corrected chi connectivity index (χ2v) is 3.11. The van der Waals surface area contributed by atoms with E-state index in [0.717, 1.165) is 0 Å². The van der Waals surface area contributed by atoms with Crippen LogP contribution in [0.1, 0.15) is 26.7 Å². The van der Waals surface area contributed by atoms with E-state index < -0.39 is 17.7 Å². The molecular weight excluding hydrogens is 188 g/mol. The summed E-state index contributed by atoms with van der Waals surface area (Å²) in [7, 11) is 0. The average molecular weight is 202 g/mol. The predicted octanol–water partition coefficient (Wildman–Crippen LogP) is 0.113. The quantitative estimate of drug-likeness (QED) is 0.273.